The molecule has 1 aromatic rings. The van der Waals surface area contributed by atoms with Crippen LogP contribution < -0.4 is 14.8 Å². The number of ether oxygens (including phenoxy) is 2. The van der Waals surface area contributed by atoms with Gasteiger partial charge in [-0.2, -0.15) is 0 Å². The lowest BCUT2D eigenvalue weighted by molar-refractivity contribution is -0.144. The highest BCUT2D eigenvalue weighted by Crippen LogP contribution is 2.31. The molecule has 0 radical (unpaired) electrons. The molecule has 1 rings (SSSR count). The number of benzene rings is 1. The Labute approximate surface area is 107 Å². The van der Waals surface area contributed by atoms with Crippen LogP contribution in [0, 0.1) is 0 Å². The Morgan fingerprint density at radius 3 is 2.78 bits per heavy atom. The molecule has 0 saturated carbocycles. The summed E-state index contributed by atoms with van der Waals surface area (Å²) < 4.78 is 10.7. The fourth-order valence-corrected chi connectivity index (χ4v) is 1.48. The molecule has 1 unspecified atom stereocenters. The number of methoxy groups -OCH3 is 1. The zero-order valence-electron chi connectivity index (χ0n) is 10.9. The van der Waals surface area contributed by atoms with E-state index >= 15 is 0 Å². The number of hydrogen-bond acceptors (Lipinski definition) is 4. The maximum atomic E-state index is 10.8. The minimum absolute atomic E-state index is 0.482. The lowest BCUT2D eigenvalue weighted by Gasteiger charge is -2.17. The number of para-hydroxylation sites is 1. The molecule has 5 heteroatoms. The van der Waals surface area contributed by atoms with Gasteiger partial charge < -0.3 is 19.9 Å². The third-order valence-corrected chi connectivity index (χ3v) is 2.49. The van der Waals surface area contributed by atoms with Gasteiger partial charge in [0.1, 0.15) is 0 Å². The highest BCUT2D eigenvalue weighted by molar-refractivity contribution is 5.72. The van der Waals surface area contributed by atoms with Gasteiger partial charge in [-0.25, -0.2) is 4.79 Å². The molecule has 0 fully saturated rings. The van der Waals surface area contributed by atoms with Crippen LogP contribution in [0.1, 0.15) is 19.4 Å². The summed E-state index contributed by atoms with van der Waals surface area (Å²) in [4.78, 5) is 10.8. The van der Waals surface area contributed by atoms with Crippen LogP contribution in [0.3, 0.4) is 0 Å². The van der Waals surface area contributed by atoms with Crippen LogP contribution >= 0.6 is 0 Å². The predicted octanol–water partition coefficient (Wildman–Crippen LogP) is 1.66. The molecular formula is C13H19NO4. The lowest BCUT2D eigenvalue weighted by atomic mass is 10.1. The van der Waals surface area contributed by atoms with Crippen molar-refractivity contribution in [1.82, 2.24) is 5.32 Å². The minimum atomic E-state index is -1.00. The molecule has 100 valence electrons. The Kier molecular flexibility index (Phi) is 5.45. The molecule has 18 heavy (non-hydrogen) atoms. The largest absolute Gasteiger partial charge is 0.493 e. The Morgan fingerprint density at radius 2 is 2.22 bits per heavy atom. The maximum Gasteiger partial charge on any atom is 0.344 e. The van der Waals surface area contributed by atoms with E-state index in [9.17, 15) is 4.79 Å². The van der Waals surface area contributed by atoms with Crippen molar-refractivity contribution in [2.75, 3.05) is 13.7 Å². The van der Waals surface area contributed by atoms with E-state index in [2.05, 4.69) is 5.32 Å². The quantitative estimate of drug-likeness (QED) is 0.773. The summed E-state index contributed by atoms with van der Waals surface area (Å²) in [5, 5.41) is 12.1. The summed E-state index contributed by atoms with van der Waals surface area (Å²) in [6, 6.07) is 5.48. The first kappa shape index (κ1) is 14.3. The number of carbonyl (C=O) groups is 1. The second-order valence-corrected chi connectivity index (χ2v) is 3.83. The van der Waals surface area contributed by atoms with Gasteiger partial charge in [-0.1, -0.05) is 19.1 Å². The summed E-state index contributed by atoms with van der Waals surface area (Å²) >= 11 is 0. The van der Waals surface area contributed by atoms with Crippen LogP contribution in [0.4, 0.5) is 0 Å². The first-order chi connectivity index (χ1) is 8.60. The first-order valence-corrected chi connectivity index (χ1v) is 5.86. The number of carboxylic acids is 1. The Bertz CT molecular complexity index is 406. The zero-order valence-corrected chi connectivity index (χ0v) is 10.9. The molecule has 0 spiro atoms. The number of nitrogens with one attached hydrogen (secondary N) is 1. The average Bonchev–Trinajstić information content (AvgIpc) is 2.37. The third kappa shape index (κ3) is 3.63. The van der Waals surface area contributed by atoms with Gasteiger partial charge in [0.25, 0.3) is 0 Å². The van der Waals surface area contributed by atoms with Crippen molar-refractivity contribution in [2.24, 2.45) is 0 Å². The van der Waals surface area contributed by atoms with E-state index in [-0.39, 0.29) is 0 Å². The van der Waals surface area contributed by atoms with Crippen molar-refractivity contribution in [3.05, 3.63) is 23.8 Å². The number of rotatable bonds is 7. The van der Waals surface area contributed by atoms with Crippen LogP contribution in [-0.4, -0.2) is 30.8 Å². The van der Waals surface area contributed by atoms with E-state index in [0.717, 1.165) is 12.1 Å². The van der Waals surface area contributed by atoms with Gasteiger partial charge in [0.05, 0.1) is 7.11 Å². The van der Waals surface area contributed by atoms with Crippen molar-refractivity contribution in [3.63, 3.8) is 0 Å². The summed E-state index contributed by atoms with van der Waals surface area (Å²) in [6.45, 7) is 4.92. The Hall–Kier alpha value is -1.75. The summed E-state index contributed by atoms with van der Waals surface area (Å²) in [5.74, 6) is 0.0182. The molecule has 0 bridgehead atoms. The van der Waals surface area contributed by atoms with E-state index in [1.54, 1.807) is 6.07 Å². The van der Waals surface area contributed by atoms with Crippen molar-refractivity contribution in [3.8, 4) is 11.5 Å². The molecule has 0 aromatic heterocycles. The number of carboxylic acid groups (broad SMARTS) is 1. The standard InChI is InChI=1S/C13H19NO4/c1-4-14-8-10-6-5-7-11(17-3)12(10)18-9(2)13(15)16/h5-7,9,14H,4,8H2,1-3H3,(H,15,16). The van der Waals surface area contributed by atoms with E-state index in [0.29, 0.717) is 18.0 Å². The molecule has 0 aliphatic heterocycles. The average molecular weight is 253 g/mol. The highest BCUT2D eigenvalue weighted by atomic mass is 16.5. The monoisotopic (exact) mass is 253 g/mol. The predicted molar refractivity (Wildman–Crippen MR) is 68.1 cm³/mol. The van der Waals surface area contributed by atoms with Gasteiger partial charge >= 0.3 is 5.97 Å². The second kappa shape index (κ2) is 6.86. The molecule has 5 nitrogen and oxygen atoms in total. The van der Waals surface area contributed by atoms with Crippen molar-refractivity contribution in [1.29, 1.82) is 0 Å². The van der Waals surface area contributed by atoms with Crippen LogP contribution in [0.2, 0.25) is 0 Å². The van der Waals surface area contributed by atoms with E-state index in [4.69, 9.17) is 14.6 Å². The molecule has 1 atom stereocenters. The number of aliphatic carboxylic acids is 1. The Balaban J connectivity index is 2.99. The fraction of sp³-hybridized carbons (Fsp3) is 0.462. The second-order valence-electron chi connectivity index (χ2n) is 3.83. The van der Waals surface area contributed by atoms with Crippen LogP contribution in [0.25, 0.3) is 0 Å². The first-order valence-electron chi connectivity index (χ1n) is 5.86. The van der Waals surface area contributed by atoms with Gasteiger partial charge in [0, 0.05) is 12.1 Å². The van der Waals surface area contributed by atoms with Crippen molar-refractivity contribution < 1.29 is 19.4 Å². The molecule has 0 heterocycles. The molecule has 0 aliphatic carbocycles. The number of hydrogen-bond donors (Lipinski definition) is 2. The van der Waals surface area contributed by atoms with Crippen molar-refractivity contribution >= 4 is 5.97 Å². The molecule has 0 amide bonds. The van der Waals surface area contributed by atoms with Crippen LogP contribution in [0.15, 0.2) is 18.2 Å². The van der Waals surface area contributed by atoms with Crippen LogP contribution in [-0.2, 0) is 11.3 Å². The van der Waals surface area contributed by atoms with Crippen LogP contribution in [0.5, 0.6) is 11.5 Å². The van der Waals surface area contributed by atoms with E-state index in [1.165, 1.54) is 14.0 Å². The minimum Gasteiger partial charge on any atom is -0.493 e. The third-order valence-electron chi connectivity index (χ3n) is 2.49. The molecule has 0 saturated heterocycles. The SMILES string of the molecule is CCNCc1cccc(OC)c1OC(C)C(=O)O. The molecule has 1 aromatic carbocycles. The van der Waals surface area contributed by atoms with E-state index < -0.39 is 12.1 Å². The highest BCUT2D eigenvalue weighted by Gasteiger charge is 2.18. The maximum absolute atomic E-state index is 10.8. The van der Waals surface area contributed by atoms with Gasteiger partial charge in [0.15, 0.2) is 17.6 Å². The van der Waals surface area contributed by atoms with Crippen molar-refractivity contribution in [2.45, 2.75) is 26.5 Å². The Morgan fingerprint density at radius 1 is 1.50 bits per heavy atom. The summed E-state index contributed by atoms with van der Waals surface area (Å²) in [5.41, 5.74) is 0.879. The van der Waals surface area contributed by atoms with Gasteiger partial charge in [-0.3, -0.25) is 0 Å². The smallest absolute Gasteiger partial charge is 0.344 e. The topological polar surface area (TPSA) is 67.8 Å². The van der Waals surface area contributed by atoms with Gasteiger partial charge in [-0.05, 0) is 19.5 Å². The van der Waals surface area contributed by atoms with Gasteiger partial charge in [0.2, 0.25) is 0 Å². The normalized spacial score (nSPS) is 11.9. The summed E-state index contributed by atoms with van der Waals surface area (Å²) in [7, 11) is 1.53. The molecule has 2 N–H and O–H groups in total. The molecule has 0 aliphatic rings. The summed E-state index contributed by atoms with van der Waals surface area (Å²) in [6.07, 6.45) is -0.915. The van der Waals surface area contributed by atoms with E-state index in [1.807, 2.05) is 19.1 Å². The van der Waals surface area contributed by atoms with Gasteiger partial charge in [-0.15, -0.1) is 0 Å². The fourth-order valence-electron chi connectivity index (χ4n) is 1.48. The lowest BCUT2D eigenvalue weighted by Crippen LogP contribution is -2.24. The zero-order chi connectivity index (χ0) is 13.5. The molecular weight excluding hydrogens is 234 g/mol.